The van der Waals surface area contributed by atoms with E-state index in [1.54, 1.807) is 0 Å². The van der Waals surface area contributed by atoms with E-state index >= 15 is 0 Å². The molecule has 0 amide bonds. The summed E-state index contributed by atoms with van der Waals surface area (Å²) >= 11 is 0. The normalized spacial score (nSPS) is 11.8. The lowest BCUT2D eigenvalue weighted by molar-refractivity contribution is 0.668. The van der Waals surface area contributed by atoms with Crippen molar-refractivity contribution in [2.45, 2.75) is 0 Å². The van der Waals surface area contributed by atoms with E-state index in [0.717, 1.165) is 121 Å². The average molecular weight is 883 g/mol. The maximum absolute atomic E-state index is 6.96. The van der Waals surface area contributed by atoms with Gasteiger partial charge in [0.2, 0.25) is 0 Å². The van der Waals surface area contributed by atoms with E-state index < -0.39 is 0 Å². The molecule has 0 saturated heterocycles. The Labute approximate surface area is 396 Å². The van der Waals surface area contributed by atoms with Crippen LogP contribution in [0.1, 0.15) is 0 Å². The first-order chi connectivity index (χ1) is 34.2. The number of aromatic nitrogens is 4. The highest BCUT2D eigenvalue weighted by Crippen LogP contribution is 2.48. The van der Waals surface area contributed by atoms with E-state index in [1.807, 2.05) is 42.5 Å². The molecule has 69 heavy (non-hydrogen) atoms. The molecule has 0 radical (unpaired) electrons. The molecule has 0 aliphatic heterocycles. The quantitative estimate of drug-likeness (QED) is 0.159. The van der Waals surface area contributed by atoms with Crippen molar-refractivity contribution in [1.82, 2.24) is 19.5 Å². The number of furan rings is 2. The van der Waals surface area contributed by atoms with Crippen molar-refractivity contribution in [2.75, 3.05) is 0 Å². The van der Waals surface area contributed by atoms with Crippen LogP contribution in [0.25, 0.3) is 139 Å². The molecule has 0 unspecified atom stereocenters. The lowest BCUT2D eigenvalue weighted by Gasteiger charge is -2.17. The molecule has 322 valence electrons. The van der Waals surface area contributed by atoms with E-state index in [1.165, 1.54) is 0 Å². The summed E-state index contributed by atoms with van der Waals surface area (Å²) in [6, 6.07) is 80.3. The Kier molecular flexibility index (Phi) is 8.79. The van der Waals surface area contributed by atoms with Gasteiger partial charge in [-0.3, -0.25) is 0 Å². The van der Waals surface area contributed by atoms with Gasteiger partial charge in [0.15, 0.2) is 17.5 Å². The zero-order valence-electron chi connectivity index (χ0n) is 37.0. The fourth-order valence-electron chi connectivity index (χ4n) is 10.4. The summed E-state index contributed by atoms with van der Waals surface area (Å²) in [6.07, 6.45) is 0. The Balaban J connectivity index is 1.12. The van der Waals surface area contributed by atoms with Crippen LogP contribution in [-0.2, 0) is 0 Å². The first kappa shape index (κ1) is 38.8. The molecule has 0 atom stereocenters. The fourth-order valence-corrected chi connectivity index (χ4v) is 10.4. The summed E-state index contributed by atoms with van der Waals surface area (Å²) in [7, 11) is 0. The molecule has 0 aliphatic rings. The van der Waals surface area contributed by atoms with Crippen molar-refractivity contribution in [2.24, 2.45) is 0 Å². The number of hydrogen-bond acceptors (Lipinski definition) is 5. The van der Waals surface area contributed by atoms with Gasteiger partial charge in [-0.2, -0.15) is 0 Å². The third kappa shape index (κ3) is 6.30. The van der Waals surface area contributed by atoms with E-state index in [-0.39, 0.29) is 0 Å². The molecule has 4 aromatic heterocycles. The average Bonchev–Trinajstić information content (AvgIpc) is 4.11. The third-order valence-corrected chi connectivity index (χ3v) is 13.5. The minimum Gasteiger partial charge on any atom is -0.456 e. The Bertz CT molecular complexity index is 4290. The molecule has 0 N–H and O–H groups in total. The van der Waals surface area contributed by atoms with Crippen molar-refractivity contribution < 1.29 is 8.83 Å². The van der Waals surface area contributed by atoms with Gasteiger partial charge in [0.25, 0.3) is 0 Å². The van der Waals surface area contributed by atoms with Gasteiger partial charge in [-0.1, -0.05) is 188 Å². The predicted molar refractivity (Wildman–Crippen MR) is 281 cm³/mol. The molecule has 14 rings (SSSR count). The van der Waals surface area contributed by atoms with Crippen LogP contribution in [0.15, 0.2) is 239 Å². The highest BCUT2D eigenvalue weighted by Gasteiger charge is 2.27. The van der Waals surface area contributed by atoms with Gasteiger partial charge in [-0.05, 0) is 75.8 Å². The van der Waals surface area contributed by atoms with Crippen molar-refractivity contribution in [3.05, 3.63) is 231 Å². The van der Waals surface area contributed by atoms with Gasteiger partial charge in [0.1, 0.15) is 22.3 Å². The molecule has 6 heteroatoms. The minimum atomic E-state index is 0.529. The molecule has 14 aromatic rings. The van der Waals surface area contributed by atoms with Crippen LogP contribution in [0.3, 0.4) is 0 Å². The molecule has 4 heterocycles. The second-order valence-electron chi connectivity index (χ2n) is 17.5. The smallest absolute Gasteiger partial charge is 0.166 e. The number of hydrogen-bond donors (Lipinski definition) is 0. The Morgan fingerprint density at radius 3 is 1.49 bits per heavy atom. The summed E-state index contributed by atoms with van der Waals surface area (Å²) in [5.41, 5.74) is 15.4. The van der Waals surface area contributed by atoms with Gasteiger partial charge in [0.05, 0.1) is 22.3 Å². The van der Waals surface area contributed by atoms with E-state index in [9.17, 15) is 0 Å². The van der Waals surface area contributed by atoms with Crippen LogP contribution in [0.5, 0.6) is 0 Å². The van der Waals surface area contributed by atoms with Gasteiger partial charge in [0, 0.05) is 43.4 Å². The zero-order valence-corrected chi connectivity index (χ0v) is 37.0. The number of nitrogens with zero attached hydrogens (tertiary/aromatic N) is 4. The number of benzene rings is 10. The standard InChI is InChI=1S/C63H38N4O2/c1-4-16-39(17-5-1)41-30-32-43(33-31-41)62-64-61(42-20-8-3-9-21-42)65-63(66-62)59-51(67-50-26-12-10-22-45(50)46-35-34-44(38-52(46)67)40-18-6-2-7-19-40)36-37-56-60(59)58-48(25-15-29-55(58)69-56)47-24-14-28-54-57(47)49-23-11-13-27-53(49)68-54/h1-38H. The highest BCUT2D eigenvalue weighted by atomic mass is 16.3. The van der Waals surface area contributed by atoms with Gasteiger partial charge in [-0.25, -0.2) is 15.0 Å². The second-order valence-corrected chi connectivity index (χ2v) is 17.5. The van der Waals surface area contributed by atoms with Crippen molar-refractivity contribution in [3.8, 4) is 73.2 Å². The third-order valence-electron chi connectivity index (χ3n) is 13.5. The molecule has 0 bridgehead atoms. The first-order valence-electron chi connectivity index (χ1n) is 23.2. The molecular weight excluding hydrogens is 845 g/mol. The monoisotopic (exact) mass is 882 g/mol. The molecule has 0 saturated carbocycles. The maximum Gasteiger partial charge on any atom is 0.166 e. The Morgan fingerprint density at radius 2 is 0.768 bits per heavy atom. The molecule has 6 nitrogen and oxygen atoms in total. The largest absolute Gasteiger partial charge is 0.456 e. The lowest BCUT2D eigenvalue weighted by Crippen LogP contribution is -2.04. The predicted octanol–water partition coefficient (Wildman–Crippen LogP) is 16.8. The molecule has 10 aromatic carbocycles. The van der Waals surface area contributed by atoms with Crippen LogP contribution < -0.4 is 0 Å². The summed E-state index contributed by atoms with van der Waals surface area (Å²) in [5, 5.41) is 6.27. The summed E-state index contributed by atoms with van der Waals surface area (Å²) in [5.74, 6) is 1.67. The van der Waals surface area contributed by atoms with Crippen molar-refractivity contribution in [1.29, 1.82) is 0 Å². The number of rotatable bonds is 7. The van der Waals surface area contributed by atoms with Crippen LogP contribution in [-0.4, -0.2) is 19.5 Å². The van der Waals surface area contributed by atoms with Crippen LogP contribution >= 0.6 is 0 Å². The number of para-hydroxylation sites is 2. The summed E-state index contributed by atoms with van der Waals surface area (Å²) in [4.78, 5) is 16.2. The van der Waals surface area contributed by atoms with E-state index in [0.29, 0.717) is 17.5 Å². The van der Waals surface area contributed by atoms with Crippen LogP contribution in [0.2, 0.25) is 0 Å². The number of fused-ring (bicyclic) bond motifs is 9. The van der Waals surface area contributed by atoms with Gasteiger partial charge in [-0.15, -0.1) is 0 Å². The molecule has 0 aliphatic carbocycles. The molecule has 0 fully saturated rings. The maximum atomic E-state index is 6.96. The molecular formula is C63H38N4O2. The van der Waals surface area contributed by atoms with E-state index in [4.69, 9.17) is 23.8 Å². The minimum absolute atomic E-state index is 0.529. The Hall–Kier alpha value is -9.39. The second kappa shape index (κ2) is 15.6. The molecule has 0 spiro atoms. The topological polar surface area (TPSA) is 69.9 Å². The van der Waals surface area contributed by atoms with Gasteiger partial charge >= 0.3 is 0 Å². The first-order valence-corrected chi connectivity index (χ1v) is 23.2. The van der Waals surface area contributed by atoms with Crippen molar-refractivity contribution >= 4 is 65.7 Å². The van der Waals surface area contributed by atoms with Crippen LogP contribution in [0.4, 0.5) is 0 Å². The zero-order chi connectivity index (χ0) is 45.4. The van der Waals surface area contributed by atoms with E-state index in [2.05, 4.69) is 193 Å². The van der Waals surface area contributed by atoms with Gasteiger partial charge < -0.3 is 13.4 Å². The summed E-state index contributed by atoms with van der Waals surface area (Å²) < 4.78 is 15.8. The fraction of sp³-hybridized carbons (Fsp3) is 0. The Morgan fingerprint density at radius 1 is 0.290 bits per heavy atom. The lowest BCUT2D eigenvalue weighted by atomic mass is 9.93. The van der Waals surface area contributed by atoms with Crippen molar-refractivity contribution in [3.63, 3.8) is 0 Å². The summed E-state index contributed by atoms with van der Waals surface area (Å²) in [6.45, 7) is 0. The SMILES string of the molecule is c1ccc(-c2ccc(-c3nc(-c4ccccc4)nc(-c4c(-n5c6ccccc6c6ccc(-c7ccccc7)cc65)ccc5oc6cccc(-c7cccc8oc9ccccc9c78)c6c45)n3)cc2)cc1. The van der Waals surface area contributed by atoms with Crippen LogP contribution in [0, 0.1) is 0 Å². The highest BCUT2D eigenvalue weighted by molar-refractivity contribution is 6.23.